The van der Waals surface area contributed by atoms with E-state index >= 15 is 0 Å². The molecule has 1 aliphatic heterocycles. The molecule has 1 atom stereocenters. The Bertz CT molecular complexity index is 339. The summed E-state index contributed by atoms with van der Waals surface area (Å²) in [5.41, 5.74) is 7.36. The molecule has 2 heterocycles. The first kappa shape index (κ1) is 7.67. The van der Waals surface area contributed by atoms with Gasteiger partial charge < -0.3 is 5.73 Å². The van der Waals surface area contributed by atoms with Crippen LogP contribution in [-0.4, -0.2) is 19.9 Å². The van der Waals surface area contributed by atoms with E-state index in [-0.39, 0.29) is 0 Å². The van der Waals surface area contributed by atoms with Gasteiger partial charge >= 0.3 is 0 Å². The van der Waals surface area contributed by atoms with E-state index in [2.05, 4.69) is 9.97 Å². The molecule has 12 heavy (non-hydrogen) atoms. The topological polar surface area (TPSA) is 68.9 Å². The summed E-state index contributed by atoms with van der Waals surface area (Å²) in [6, 6.07) is 0. The van der Waals surface area contributed by atoms with Crippen LogP contribution in [0.3, 0.4) is 0 Å². The first-order valence-corrected chi connectivity index (χ1v) is 5.20. The highest BCUT2D eigenvalue weighted by molar-refractivity contribution is 7.84. The Morgan fingerprint density at radius 2 is 2.42 bits per heavy atom. The SMILES string of the molecule is Nc1ncc2c(n1)CC[S@](=O)C2. The molecule has 0 saturated carbocycles. The minimum Gasteiger partial charge on any atom is -0.368 e. The zero-order chi connectivity index (χ0) is 8.55. The lowest BCUT2D eigenvalue weighted by molar-refractivity contribution is 0.678. The fourth-order valence-corrected chi connectivity index (χ4v) is 2.40. The van der Waals surface area contributed by atoms with Crippen molar-refractivity contribution < 1.29 is 4.21 Å². The third-order valence-corrected chi connectivity index (χ3v) is 3.15. The Kier molecular flexibility index (Phi) is 1.80. The number of nitrogens with zero attached hydrogens (tertiary/aromatic N) is 2. The smallest absolute Gasteiger partial charge is 0.220 e. The molecule has 0 fully saturated rings. The first-order chi connectivity index (χ1) is 5.75. The zero-order valence-corrected chi connectivity index (χ0v) is 7.30. The highest BCUT2D eigenvalue weighted by Gasteiger charge is 2.15. The van der Waals surface area contributed by atoms with E-state index in [1.54, 1.807) is 6.20 Å². The molecular weight excluding hydrogens is 174 g/mol. The van der Waals surface area contributed by atoms with Gasteiger partial charge in [-0.1, -0.05) is 0 Å². The summed E-state index contributed by atoms with van der Waals surface area (Å²) < 4.78 is 11.1. The number of hydrogen-bond acceptors (Lipinski definition) is 4. The molecule has 0 amide bonds. The van der Waals surface area contributed by atoms with Crippen molar-refractivity contribution in [3.05, 3.63) is 17.5 Å². The number of aryl methyl sites for hydroxylation is 1. The van der Waals surface area contributed by atoms with E-state index in [9.17, 15) is 4.21 Å². The molecule has 1 aliphatic rings. The van der Waals surface area contributed by atoms with E-state index in [1.807, 2.05) is 0 Å². The van der Waals surface area contributed by atoms with Crippen molar-refractivity contribution in [2.45, 2.75) is 12.2 Å². The molecule has 1 aromatic heterocycles. The van der Waals surface area contributed by atoms with Crippen LogP contribution in [0.1, 0.15) is 11.3 Å². The summed E-state index contributed by atoms with van der Waals surface area (Å²) in [5, 5.41) is 0. The number of rotatable bonds is 0. The number of fused-ring (bicyclic) bond motifs is 1. The van der Waals surface area contributed by atoms with Crippen LogP contribution >= 0.6 is 0 Å². The summed E-state index contributed by atoms with van der Waals surface area (Å²) in [6.07, 6.45) is 2.43. The second kappa shape index (κ2) is 2.82. The van der Waals surface area contributed by atoms with Crippen LogP contribution in [-0.2, 0) is 23.0 Å². The van der Waals surface area contributed by atoms with Gasteiger partial charge in [-0.3, -0.25) is 4.21 Å². The minimum atomic E-state index is -0.729. The Morgan fingerprint density at radius 3 is 3.25 bits per heavy atom. The van der Waals surface area contributed by atoms with Gasteiger partial charge in [0, 0.05) is 34.7 Å². The Labute approximate surface area is 72.7 Å². The van der Waals surface area contributed by atoms with Crippen molar-refractivity contribution in [3.8, 4) is 0 Å². The molecule has 5 heteroatoms. The third-order valence-electron chi connectivity index (χ3n) is 1.86. The normalized spacial score (nSPS) is 21.8. The molecule has 2 N–H and O–H groups in total. The van der Waals surface area contributed by atoms with Crippen LogP contribution in [0.2, 0.25) is 0 Å². The van der Waals surface area contributed by atoms with Crippen molar-refractivity contribution >= 4 is 16.7 Å². The highest BCUT2D eigenvalue weighted by atomic mass is 32.2. The van der Waals surface area contributed by atoms with Crippen molar-refractivity contribution in [2.24, 2.45) is 0 Å². The summed E-state index contributed by atoms with van der Waals surface area (Å²) in [7, 11) is -0.729. The van der Waals surface area contributed by atoms with Crippen LogP contribution in [0.4, 0.5) is 5.95 Å². The maximum absolute atomic E-state index is 11.1. The fourth-order valence-electron chi connectivity index (χ4n) is 1.25. The standard InChI is InChI=1S/C7H9N3OS/c8-7-9-3-5-4-12(11)2-1-6(5)10-7/h3H,1-2,4H2,(H2,8,9,10)/t12-/m0/s1. The molecule has 0 bridgehead atoms. The van der Waals surface area contributed by atoms with Gasteiger partial charge in [0.1, 0.15) is 0 Å². The molecular formula is C7H9N3OS. The van der Waals surface area contributed by atoms with Crippen molar-refractivity contribution in [1.82, 2.24) is 9.97 Å². The first-order valence-electron chi connectivity index (χ1n) is 3.71. The molecule has 1 aromatic rings. The summed E-state index contributed by atoms with van der Waals surface area (Å²) >= 11 is 0. The second-order valence-electron chi connectivity index (χ2n) is 2.74. The van der Waals surface area contributed by atoms with E-state index in [4.69, 9.17) is 5.73 Å². The number of aromatic nitrogens is 2. The van der Waals surface area contributed by atoms with Gasteiger partial charge in [0.15, 0.2) is 0 Å². The van der Waals surface area contributed by atoms with Gasteiger partial charge in [0.2, 0.25) is 5.95 Å². The Balaban J connectivity index is 2.43. The van der Waals surface area contributed by atoms with Crippen LogP contribution in [0.25, 0.3) is 0 Å². The molecule has 0 aliphatic carbocycles. The molecule has 0 radical (unpaired) electrons. The zero-order valence-electron chi connectivity index (χ0n) is 6.49. The van der Waals surface area contributed by atoms with Crippen LogP contribution in [0.5, 0.6) is 0 Å². The van der Waals surface area contributed by atoms with Gasteiger partial charge in [0.25, 0.3) is 0 Å². The minimum absolute atomic E-state index is 0.307. The number of anilines is 1. The molecule has 0 aromatic carbocycles. The fraction of sp³-hybridized carbons (Fsp3) is 0.429. The third kappa shape index (κ3) is 1.32. The van der Waals surface area contributed by atoms with Gasteiger partial charge in [-0.05, 0) is 0 Å². The maximum atomic E-state index is 11.1. The van der Waals surface area contributed by atoms with Gasteiger partial charge in [-0.15, -0.1) is 0 Å². The highest BCUT2D eigenvalue weighted by Crippen LogP contribution is 2.15. The summed E-state index contributed by atoms with van der Waals surface area (Å²) in [4.78, 5) is 7.94. The molecule has 0 saturated heterocycles. The Morgan fingerprint density at radius 1 is 1.58 bits per heavy atom. The number of nitrogens with two attached hydrogens (primary N) is 1. The van der Waals surface area contributed by atoms with Crippen LogP contribution < -0.4 is 5.73 Å². The summed E-state index contributed by atoms with van der Waals surface area (Å²) in [6.45, 7) is 0. The average molecular weight is 183 g/mol. The lowest BCUT2D eigenvalue weighted by Gasteiger charge is -2.13. The molecule has 0 unspecified atom stereocenters. The molecule has 4 nitrogen and oxygen atoms in total. The predicted molar refractivity (Wildman–Crippen MR) is 46.9 cm³/mol. The second-order valence-corrected chi connectivity index (χ2v) is 4.31. The average Bonchev–Trinajstić information content (AvgIpc) is 2.05. The van der Waals surface area contributed by atoms with Crippen molar-refractivity contribution in [2.75, 3.05) is 11.5 Å². The van der Waals surface area contributed by atoms with E-state index in [1.165, 1.54) is 0 Å². The van der Waals surface area contributed by atoms with Crippen LogP contribution in [0, 0.1) is 0 Å². The lowest BCUT2D eigenvalue weighted by atomic mass is 10.2. The van der Waals surface area contributed by atoms with E-state index in [0.717, 1.165) is 17.7 Å². The monoisotopic (exact) mass is 183 g/mol. The summed E-state index contributed by atoms with van der Waals surface area (Å²) in [5.74, 6) is 1.58. The van der Waals surface area contributed by atoms with Crippen molar-refractivity contribution in [3.63, 3.8) is 0 Å². The number of hydrogen-bond donors (Lipinski definition) is 1. The quantitative estimate of drug-likeness (QED) is 0.608. The van der Waals surface area contributed by atoms with Crippen molar-refractivity contribution in [1.29, 1.82) is 0 Å². The molecule has 64 valence electrons. The van der Waals surface area contributed by atoms with Gasteiger partial charge in [0.05, 0.1) is 11.4 Å². The Hall–Kier alpha value is -0.970. The number of nitrogen functional groups attached to an aromatic ring is 1. The van der Waals surface area contributed by atoms with Gasteiger partial charge in [-0.2, -0.15) is 0 Å². The largest absolute Gasteiger partial charge is 0.368 e. The molecule has 2 rings (SSSR count). The molecule has 0 spiro atoms. The van der Waals surface area contributed by atoms with Crippen LogP contribution in [0.15, 0.2) is 6.20 Å². The maximum Gasteiger partial charge on any atom is 0.220 e. The van der Waals surface area contributed by atoms with E-state index in [0.29, 0.717) is 17.5 Å². The predicted octanol–water partition coefficient (Wildman–Crippen LogP) is -0.136. The lowest BCUT2D eigenvalue weighted by Crippen LogP contribution is -2.16. The van der Waals surface area contributed by atoms with Gasteiger partial charge in [-0.25, -0.2) is 9.97 Å². The van der Waals surface area contributed by atoms with E-state index < -0.39 is 10.8 Å².